The Labute approximate surface area is 127 Å². The highest BCUT2D eigenvalue weighted by molar-refractivity contribution is 5.63. The summed E-state index contributed by atoms with van der Waals surface area (Å²) in [7, 11) is 0. The largest absolute Gasteiger partial charge is 0.525 e. The minimum absolute atomic E-state index is 0.403. The molecule has 8 heteroatoms. The first-order valence-electron chi connectivity index (χ1n) is 6.28. The van der Waals surface area contributed by atoms with Crippen molar-refractivity contribution in [2.75, 3.05) is 0 Å². The van der Waals surface area contributed by atoms with Crippen molar-refractivity contribution >= 4 is 0 Å². The van der Waals surface area contributed by atoms with Crippen LogP contribution < -0.4 is 0 Å². The van der Waals surface area contributed by atoms with Crippen molar-refractivity contribution in [3.8, 4) is 11.1 Å². The lowest BCUT2D eigenvalue weighted by atomic mass is 10.0. The van der Waals surface area contributed by atoms with Gasteiger partial charge in [0.15, 0.2) is 0 Å². The number of ether oxygens (including phenoxy) is 2. The van der Waals surface area contributed by atoms with Crippen molar-refractivity contribution < 1.29 is 35.8 Å². The van der Waals surface area contributed by atoms with E-state index in [4.69, 9.17) is 0 Å². The van der Waals surface area contributed by atoms with E-state index >= 15 is 0 Å². The predicted octanol–water partition coefficient (Wildman–Crippen LogP) is 5.43. The van der Waals surface area contributed by atoms with Crippen molar-refractivity contribution in [2.45, 2.75) is 19.0 Å². The maximum Gasteiger partial charge on any atom is 0.525 e. The Morgan fingerprint density at radius 3 is 1.48 bits per heavy atom. The van der Waals surface area contributed by atoms with Gasteiger partial charge in [0.05, 0.1) is 0 Å². The maximum absolute atomic E-state index is 12.2. The van der Waals surface area contributed by atoms with E-state index in [9.17, 15) is 26.3 Å². The zero-order valence-corrected chi connectivity index (χ0v) is 11.4. The maximum atomic E-state index is 12.2. The molecular weight excluding hydrogens is 326 g/mol. The lowest BCUT2D eigenvalue weighted by Gasteiger charge is -2.21. The van der Waals surface area contributed by atoms with E-state index in [-0.39, 0.29) is 0 Å². The van der Waals surface area contributed by atoms with Crippen LogP contribution >= 0.6 is 0 Å². The third-order valence-corrected chi connectivity index (χ3v) is 2.77. The highest BCUT2D eigenvalue weighted by atomic mass is 19.4. The van der Waals surface area contributed by atoms with E-state index in [1.807, 2.05) is 0 Å². The first kappa shape index (κ1) is 17.3. The molecule has 0 aliphatic heterocycles. The molecular formula is C15H10F6O2. The highest BCUT2D eigenvalue weighted by Crippen LogP contribution is 2.34. The van der Waals surface area contributed by atoms with Gasteiger partial charge >= 0.3 is 12.7 Å². The molecule has 0 atom stereocenters. The van der Waals surface area contributed by atoms with Crippen LogP contribution in [0.3, 0.4) is 0 Å². The Kier molecular flexibility index (Phi) is 4.96. The summed E-state index contributed by atoms with van der Waals surface area (Å²) in [6, 6.07) is 13.7. The second-order valence-electron chi connectivity index (χ2n) is 4.45. The normalized spacial score (nSPS) is 12.7. The molecule has 0 radical (unpaired) electrons. The molecule has 0 saturated heterocycles. The van der Waals surface area contributed by atoms with Gasteiger partial charge < -0.3 is 0 Å². The fourth-order valence-electron chi connectivity index (χ4n) is 1.87. The van der Waals surface area contributed by atoms with Gasteiger partial charge in [0.1, 0.15) is 0 Å². The summed E-state index contributed by atoms with van der Waals surface area (Å²) in [6.07, 6.45) is -13.2. The number of hydrogen-bond acceptors (Lipinski definition) is 2. The minimum atomic E-state index is -5.27. The highest BCUT2D eigenvalue weighted by Gasteiger charge is 2.41. The number of halogens is 6. The molecule has 0 unspecified atom stereocenters. The molecule has 2 nitrogen and oxygen atoms in total. The Bertz CT molecular complexity index is 603. The molecule has 0 fully saturated rings. The summed E-state index contributed by atoms with van der Waals surface area (Å²) in [4.78, 5) is 0. The average Bonchev–Trinajstić information content (AvgIpc) is 2.45. The summed E-state index contributed by atoms with van der Waals surface area (Å²) in [6.45, 7) is 0. The summed E-state index contributed by atoms with van der Waals surface area (Å²) in [5.41, 5.74) is 0.996. The lowest BCUT2D eigenvalue weighted by Crippen LogP contribution is -2.25. The van der Waals surface area contributed by atoms with Gasteiger partial charge in [0.25, 0.3) is 0 Å². The van der Waals surface area contributed by atoms with E-state index in [0.717, 1.165) is 17.7 Å². The Morgan fingerprint density at radius 1 is 0.609 bits per heavy atom. The van der Waals surface area contributed by atoms with Gasteiger partial charge in [-0.1, -0.05) is 54.6 Å². The quantitative estimate of drug-likeness (QED) is 0.548. The molecule has 124 valence electrons. The van der Waals surface area contributed by atoms with E-state index in [1.54, 1.807) is 30.3 Å². The van der Waals surface area contributed by atoms with Crippen LogP contribution in [-0.2, 0) is 9.47 Å². The number of rotatable bonds is 4. The van der Waals surface area contributed by atoms with Gasteiger partial charge in [-0.05, 0) is 11.1 Å². The van der Waals surface area contributed by atoms with Crippen LogP contribution in [-0.4, -0.2) is 12.7 Å². The monoisotopic (exact) mass is 336 g/mol. The summed E-state index contributed by atoms with van der Waals surface area (Å²) >= 11 is 0. The van der Waals surface area contributed by atoms with E-state index < -0.39 is 24.6 Å². The first-order chi connectivity index (χ1) is 10.6. The zero-order chi connectivity index (χ0) is 17.1. The molecule has 0 saturated carbocycles. The lowest BCUT2D eigenvalue weighted by molar-refractivity contribution is -0.443. The van der Waals surface area contributed by atoms with Crippen molar-refractivity contribution in [1.82, 2.24) is 0 Å². The Hall–Kier alpha value is -2.06. The van der Waals surface area contributed by atoms with Crippen LogP contribution in [0, 0.1) is 0 Å². The first-order valence-corrected chi connectivity index (χ1v) is 6.28. The van der Waals surface area contributed by atoms with Crippen LogP contribution in [0.15, 0.2) is 54.6 Å². The molecule has 0 aliphatic carbocycles. The van der Waals surface area contributed by atoms with Crippen LogP contribution in [0.25, 0.3) is 11.1 Å². The van der Waals surface area contributed by atoms with Gasteiger partial charge in [0.2, 0.25) is 6.29 Å². The molecule has 2 aromatic rings. The molecule has 0 N–H and O–H groups in total. The van der Waals surface area contributed by atoms with Gasteiger partial charge in [0, 0.05) is 5.56 Å². The molecule has 0 aromatic heterocycles. The van der Waals surface area contributed by atoms with E-state index in [2.05, 4.69) is 9.47 Å². The smallest absolute Gasteiger partial charge is 0.257 e. The van der Waals surface area contributed by atoms with Crippen molar-refractivity contribution in [1.29, 1.82) is 0 Å². The summed E-state index contributed by atoms with van der Waals surface area (Å²) < 4.78 is 80.3. The molecule has 2 rings (SSSR count). The van der Waals surface area contributed by atoms with E-state index in [1.165, 1.54) is 12.1 Å². The Morgan fingerprint density at radius 2 is 1.04 bits per heavy atom. The topological polar surface area (TPSA) is 18.5 Å². The van der Waals surface area contributed by atoms with Gasteiger partial charge in [-0.25, -0.2) is 0 Å². The minimum Gasteiger partial charge on any atom is -0.257 e. The van der Waals surface area contributed by atoms with Gasteiger partial charge in [-0.2, -0.15) is 0 Å². The summed E-state index contributed by atoms with van der Waals surface area (Å²) in [5, 5.41) is 0. The molecule has 0 spiro atoms. The number of hydrogen-bond donors (Lipinski definition) is 0. The molecule has 23 heavy (non-hydrogen) atoms. The van der Waals surface area contributed by atoms with Crippen LogP contribution in [0.1, 0.15) is 11.9 Å². The van der Waals surface area contributed by atoms with Crippen LogP contribution in [0.5, 0.6) is 0 Å². The van der Waals surface area contributed by atoms with Crippen molar-refractivity contribution in [2.24, 2.45) is 0 Å². The van der Waals surface area contributed by atoms with Gasteiger partial charge in [-0.15, -0.1) is 26.3 Å². The third-order valence-electron chi connectivity index (χ3n) is 2.77. The Balaban J connectivity index is 2.25. The second-order valence-corrected chi connectivity index (χ2v) is 4.45. The third kappa shape index (κ3) is 5.57. The van der Waals surface area contributed by atoms with Crippen LogP contribution in [0.4, 0.5) is 26.3 Å². The predicted molar refractivity (Wildman–Crippen MR) is 68.9 cm³/mol. The fraction of sp³-hybridized carbons (Fsp3) is 0.200. The number of benzene rings is 2. The van der Waals surface area contributed by atoms with Gasteiger partial charge in [-0.3, -0.25) is 9.47 Å². The second kappa shape index (κ2) is 6.59. The van der Waals surface area contributed by atoms with Crippen LogP contribution in [0.2, 0.25) is 0 Å². The molecule has 2 aromatic carbocycles. The molecule has 0 bridgehead atoms. The molecule has 0 aliphatic rings. The number of alkyl halides is 6. The fourth-order valence-corrected chi connectivity index (χ4v) is 1.87. The summed E-state index contributed by atoms with van der Waals surface area (Å²) in [5.74, 6) is 0. The standard InChI is InChI=1S/C15H10F6O2/c16-14(17,18)22-13(23-15(19,20)21)12-8-6-11(7-9-12)10-4-2-1-3-5-10/h1-9,13H. The average molecular weight is 336 g/mol. The SMILES string of the molecule is FC(F)(F)OC(OC(F)(F)F)c1ccc(-c2ccccc2)cc1. The van der Waals surface area contributed by atoms with Crippen molar-refractivity contribution in [3.05, 3.63) is 60.2 Å². The van der Waals surface area contributed by atoms with Crippen molar-refractivity contribution in [3.63, 3.8) is 0 Å². The zero-order valence-electron chi connectivity index (χ0n) is 11.4. The molecule has 0 heterocycles. The van der Waals surface area contributed by atoms with E-state index in [0.29, 0.717) is 5.56 Å². The molecule has 0 amide bonds.